The second kappa shape index (κ2) is 7.93. The van der Waals surface area contributed by atoms with Crippen LogP contribution in [-0.4, -0.2) is 45.7 Å². The molecule has 3 aromatic carbocycles. The molecule has 3 saturated heterocycles. The second-order valence-electron chi connectivity index (χ2n) is 10.0. The SMILES string of the molecule is O=C1C2C3OC(C2C(=O)N1c1ccc(Cl)cc1)C1C3C(c2cnc3ccccc3n2)=NN1c1ccccc1. The highest BCUT2D eigenvalue weighted by atomic mass is 35.5. The van der Waals surface area contributed by atoms with Crippen LogP contribution in [0.3, 0.4) is 0 Å². The fourth-order valence-corrected chi connectivity index (χ4v) is 6.70. The maximum atomic E-state index is 13.7. The summed E-state index contributed by atoms with van der Waals surface area (Å²) in [5.41, 5.74) is 4.36. The van der Waals surface area contributed by atoms with Gasteiger partial charge >= 0.3 is 0 Å². The maximum Gasteiger partial charge on any atom is 0.240 e. The van der Waals surface area contributed by atoms with Gasteiger partial charge in [0.25, 0.3) is 0 Å². The number of hydrazone groups is 1. The van der Waals surface area contributed by atoms with E-state index in [0.29, 0.717) is 16.4 Å². The Hall–Kier alpha value is -4.14. The predicted molar refractivity (Wildman–Crippen MR) is 142 cm³/mol. The Labute approximate surface area is 222 Å². The van der Waals surface area contributed by atoms with Crippen molar-refractivity contribution in [2.24, 2.45) is 22.9 Å². The number of ether oxygens (including phenoxy) is 1. The van der Waals surface area contributed by atoms with E-state index in [0.717, 1.165) is 22.4 Å². The number of carbonyl (C=O) groups is 2. The summed E-state index contributed by atoms with van der Waals surface area (Å²) < 4.78 is 6.48. The summed E-state index contributed by atoms with van der Waals surface area (Å²) >= 11 is 6.05. The number of hydrogen-bond acceptors (Lipinski definition) is 7. The zero-order valence-electron chi connectivity index (χ0n) is 19.9. The van der Waals surface area contributed by atoms with E-state index in [9.17, 15) is 9.59 Å². The summed E-state index contributed by atoms with van der Waals surface area (Å²) in [6.07, 6.45) is 0.751. The molecule has 38 heavy (non-hydrogen) atoms. The molecular formula is C29H20ClN5O3. The Bertz CT molecular complexity index is 1660. The van der Waals surface area contributed by atoms with Crippen molar-refractivity contribution in [2.75, 3.05) is 9.91 Å². The van der Waals surface area contributed by atoms with Crippen LogP contribution in [0.25, 0.3) is 11.0 Å². The fourth-order valence-electron chi connectivity index (χ4n) is 6.57. The molecule has 8 nitrogen and oxygen atoms in total. The summed E-state index contributed by atoms with van der Waals surface area (Å²) in [5, 5.41) is 7.53. The highest BCUT2D eigenvalue weighted by molar-refractivity contribution is 6.31. The third kappa shape index (κ3) is 2.92. The average molecular weight is 522 g/mol. The standard InChI is InChI=1S/C29H20ClN5O3/c30-15-10-12-16(13-11-15)34-28(36)21-22(29(34)37)27-25-23(26(21)38-27)24(33-35(25)17-6-2-1-3-7-17)20-14-31-18-8-4-5-9-19(18)32-20/h1-14,21-23,25-27H. The Morgan fingerprint density at radius 1 is 0.737 bits per heavy atom. The van der Waals surface area contributed by atoms with E-state index in [2.05, 4.69) is 4.98 Å². The Morgan fingerprint density at radius 3 is 2.18 bits per heavy atom. The fraction of sp³-hybridized carbons (Fsp3) is 0.207. The lowest BCUT2D eigenvalue weighted by Crippen LogP contribution is -2.50. The van der Waals surface area contributed by atoms with Crippen molar-refractivity contribution in [3.8, 4) is 0 Å². The summed E-state index contributed by atoms with van der Waals surface area (Å²) in [4.78, 5) is 38.2. The van der Waals surface area contributed by atoms with E-state index >= 15 is 0 Å². The number of para-hydroxylation sites is 3. The molecule has 186 valence electrons. The zero-order chi connectivity index (χ0) is 25.5. The van der Waals surface area contributed by atoms with Gasteiger partial charge in [-0.3, -0.25) is 19.6 Å². The Morgan fingerprint density at radius 2 is 1.42 bits per heavy atom. The van der Waals surface area contributed by atoms with Crippen LogP contribution in [0, 0.1) is 17.8 Å². The number of aromatic nitrogens is 2. The molecule has 5 heterocycles. The lowest BCUT2D eigenvalue weighted by molar-refractivity contribution is -0.125. The zero-order valence-corrected chi connectivity index (χ0v) is 20.6. The van der Waals surface area contributed by atoms with Crippen LogP contribution in [0.5, 0.6) is 0 Å². The second-order valence-corrected chi connectivity index (χ2v) is 10.5. The van der Waals surface area contributed by atoms with Crippen molar-refractivity contribution < 1.29 is 14.3 Å². The first-order chi connectivity index (χ1) is 18.6. The molecule has 4 aliphatic heterocycles. The van der Waals surface area contributed by atoms with Crippen molar-refractivity contribution in [3.05, 3.63) is 95.8 Å². The molecule has 9 heteroatoms. The largest absolute Gasteiger partial charge is 0.370 e. The van der Waals surface area contributed by atoms with Crippen LogP contribution < -0.4 is 9.91 Å². The van der Waals surface area contributed by atoms with Crippen LogP contribution in [0.15, 0.2) is 90.2 Å². The van der Waals surface area contributed by atoms with Gasteiger partial charge in [-0.25, -0.2) is 9.88 Å². The van der Waals surface area contributed by atoms with Gasteiger partial charge in [-0.1, -0.05) is 41.9 Å². The van der Waals surface area contributed by atoms with Crippen molar-refractivity contribution in [1.82, 2.24) is 9.97 Å². The minimum absolute atomic E-state index is 0.236. The van der Waals surface area contributed by atoms with Crippen molar-refractivity contribution in [1.29, 1.82) is 0 Å². The topological polar surface area (TPSA) is 88.0 Å². The quantitative estimate of drug-likeness (QED) is 0.378. The number of fused-ring (bicyclic) bond motifs is 9. The van der Waals surface area contributed by atoms with Gasteiger partial charge < -0.3 is 4.74 Å². The minimum Gasteiger partial charge on any atom is -0.370 e. The molecule has 0 spiro atoms. The van der Waals surface area contributed by atoms with Gasteiger partial charge in [0.05, 0.1) is 70.3 Å². The van der Waals surface area contributed by atoms with Gasteiger partial charge in [-0.05, 0) is 48.5 Å². The van der Waals surface area contributed by atoms with Gasteiger partial charge in [0.1, 0.15) is 5.69 Å². The molecule has 0 aliphatic carbocycles. The molecule has 2 amide bonds. The van der Waals surface area contributed by atoms with E-state index in [1.165, 1.54) is 4.90 Å². The number of halogens is 1. The molecule has 3 fully saturated rings. The lowest BCUT2D eigenvalue weighted by atomic mass is 9.70. The Balaban J connectivity index is 1.24. The average Bonchev–Trinajstić information content (AvgIpc) is 3.69. The molecule has 4 aromatic rings. The summed E-state index contributed by atoms with van der Waals surface area (Å²) in [7, 11) is 0. The molecule has 1 aromatic heterocycles. The van der Waals surface area contributed by atoms with E-state index < -0.39 is 24.0 Å². The molecular weight excluding hydrogens is 502 g/mol. The molecule has 0 radical (unpaired) electrons. The van der Waals surface area contributed by atoms with Gasteiger partial charge in [0.2, 0.25) is 11.8 Å². The van der Waals surface area contributed by atoms with Crippen LogP contribution in [0.1, 0.15) is 5.69 Å². The molecule has 8 rings (SSSR count). The van der Waals surface area contributed by atoms with E-state index in [1.54, 1.807) is 30.5 Å². The molecule has 6 unspecified atom stereocenters. The summed E-state index contributed by atoms with van der Waals surface area (Å²) in [6, 6.07) is 24.1. The van der Waals surface area contributed by atoms with Gasteiger partial charge in [0.15, 0.2) is 0 Å². The van der Waals surface area contributed by atoms with Crippen molar-refractivity contribution >= 4 is 51.5 Å². The number of anilines is 2. The third-order valence-electron chi connectivity index (χ3n) is 8.11. The molecule has 6 atom stereocenters. The normalized spacial score (nSPS) is 29.2. The number of rotatable bonds is 3. The summed E-state index contributed by atoms with van der Waals surface area (Å²) in [5.74, 6) is -1.87. The van der Waals surface area contributed by atoms with Gasteiger partial charge in [-0.15, -0.1) is 0 Å². The number of amides is 2. The van der Waals surface area contributed by atoms with Crippen molar-refractivity contribution in [2.45, 2.75) is 18.2 Å². The van der Waals surface area contributed by atoms with Crippen molar-refractivity contribution in [3.63, 3.8) is 0 Å². The molecule has 0 N–H and O–H groups in total. The number of carbonyl (C=O) groups excluding carboxylic acids is 2. The smallest absolute Gasteiger partial charge is 0.240 e. The predicted octanol–water partition coefficient (Wildman–Crippen LogP) is 4.08. The lowest BCUT2D eigenvalue weighted by Gasteiger charge is -2.32. The third-order valence-corrected chi connectivity index (χ3v) is 8.36. The Kier molecular flexibility index (Phi) is 4.57. The molecule has 0 saturated carbocycles. The van der Waals surface area contributed by atoms with Gasteiger partial charge in [0, 0.05) is 5.02 Å². The number of nitrogens with zero attached hydrogens (tertiary/aromatic N) is 5. The maximum absolute atomic E-state index is 13.7. The molecule has 2 bridgehead atoms. The number of benzene rings is 3. The molecule has 4 aliphatic rings. The van der Waals surface area contributed by atoms with Crippen LogP contribution in [-0.2, 0) is 14.3 Å². The van der Waals surface area contributed by atoms with Crippen LogP contribution >= 0.6 is 11.6 Å². The van der Waals surface area contributed by atoms with Gasteiger partial charge in [-0.2, -0.15) is 5.10 Å². The highest BCUT2D eigenvalue weighted by Crippen LogP contribution is 2.56. The highest BCUT2D eigenvalue weighted by Gasteiger charge is 2.72. The van der Waals surface area contributed by atoms with E-state index in [4.69, 9.17) is 26.4 Å². The first-order valence-corrected chi connectivity index (χ1v) is 12.9. The number of imide groups is 1. The summed E-state index contributed by atoms with van der Waals surface area (Å²) in [6.45, 7) is 0. The minimum atomic E-state index is -0.584. The van der Waals surface area contributed by atoms with E-state index in [-0.39, 0.29) is 23.8 Å². The van der Waals surface area contributed by atoms with Crippen LogP contribution in [0.2, 0.25) is 5.02 Å². The first kappa shape index (κ1) is 21.9. The van der Waals surface area contributed by atoms with E-state index in [1.807, 2.05) is 59.6 Å². The van der Waals surface area contributed by atoms with Crippen LogP contribution in [0.4, 0.5) is 11.4 Å². The number of hydrogen-bond donors (Lipinski definition) is 0. The monoisotopic (exact) mass is 521 g/mol. The first-order valence-electron chi connectivity index (χ1n) is 12.5.